The van der Waals surface area contributed by atoms with E-state index in [-0.39, 0.29) is 0 Å². The van der Waals surface area contributed by atoms with E-state index in [9.17, 15) is 0 Å². The first-order chi connectivity index (χ1) is 27.8. The number of hydrogen-bond donors (Lipinski definition) is 0. The first-order valence-corrected chi connectivity index (χ1v) is 19.3. The molecule has 264 valence electrons. The van der Waals surface area contributed by atoms with E-state index in [4.69, 9.17) is 9.97 Å². The highest BCUT2D eigenvalue weighted by Gasteiger charge is 2.21. The molecule has 7 aromatic carbocycles. The van der Waals surface area contributed by atoms with Crippen molar-refractivity contribution in [1.82, 2.24) is 19.1 Å². The van der Waals surface area contributed by atoms with Crippen molar-refractivity contribution >= 4 is 38.8 Å². The molecule has 11 rings (SSSR count). The molecular formula is C52H36N4. The van der Waals surface area contributed by atoms with E-state index < -0.39 is 0 Å². The number of benzene rings is 7. The predicted octanol–water partition coefficient (Wildman–Crippen LogP) is 13.1. The van der Waals surface area contributed by atoms with Gasteiger partial charge in [-0.2, -0.15) is 0 Å². The molecule has 1 aliphatic carbocycles. The van der Waals surface area contributed by atoms with Crippen LogP contribution in [0.1, 0.15) is 17.7 Å². The summed E-state index contributed by atoms with van der Waals surface area (Å²) >= 11 is 0. The molecule has 3 heterocycles. The van der Waals surface area contributed by atoms with Crippen LogP contribution in [0.5, 0.6) is 0 Å². The van der Waals surface area contributed by atoms with Gasteiger partial charge in [0.2, 0.25) is 0 Å². The topological polar surface area (TPSA) is 35.6 Å². The Hall–Kier alpha value is -7.30. The van der Waals surface area contributed by atoms with Crippen LogP contribution in [0.25, 0.3) is 95.2 Å². The zero-order chi connectivity index (χ0) is 37.0. The van der Waals surface area contributed by atoms with Crippen LogP contribution in [0.3, 0.4) is 0 Å². The van der Waals surface area contributed by atoms with Crippen LogP contribution in [-0.2, 0) is 6.42 Å². The summed E-state index contributed by atoms with van der Waals surface area (Å²) in [6.45, 7) is 0. The normalized spacial score (nSPS) is 12.4. The van der Waals surface area contributed by atoms with Crippen molar-refractivity contribution in [2.45, 2.75) is 12.8 Å². The lowest BCUT2D eigenvalue weighted by atomic mass is 10.0. The Balaban J connectivity index is 1.18. The third-order valence-corrected chi connectivity index (χ3v) is 11.2. The number of aromatic nitrogens is 4. The average Bonchev–Trinajstić information content (AvgIpc) is 3.80. The second kappa shape index (κ2) is 13.2. The molecule has 3 aromatic heterocycles. The maximum Gasteiger partial charge on any atom is 0.160 e. The fraction of sp³-hybridized carbons (Fsp3) is 0.0385. The van der Waals surface area contributed by atoms with E-state index in [0.29, 0.717) is 5.82 Å². The molecule has 0 aliphatic heterocycles. The first kappa shape index (κ1) is 32.2. The summed E-state index contributed by atoms with van der Waals surface area (Å²) in [6, 6.07) is 65.0. The molecule has 0 amide bonds. The maximum absolute atomic E-state index is 5.34. The molecule has 0 N–H and O–H groups in total. The van der Waals surface area contributed by atoms with Crippen LogP contribution in [0.2, 0.25) is 0 Å². The number of nitrogens with zero attached hydrogens (tertiary/aromatic N) is 4. The minimum atomic E-state index is 0.697. The van der Waals surface area contributed by atoms with Crippen LogP contribution in [0.15, 0.2) is 188 Å². The Morgan fingerprint density at radius 2 is 0.893 bits per heavy atom. The second-order valence-corrected chi connectivity index (χ2v) is 14.5. The standard InChI is InChI=1S/C52H36N4/c1-3-15-35(16-4-1)36-27-29-37(30-28-36)46-34-47(54-52(53-46)38-17-5-2-6-18-38)39-31-40(55-48-23-11-7-19-42(48)43-20-8-12-24-49(43)55)33-41(32-39)56-50-25-13-9-21-44(50)45-22-10-14-26-51(45)56/h1-13,15-25,27-34H,14,26H2. The molecule has 4 nitrogen and oxygen atoms in total. The van der Waals surface area contributed by atoms with E-state index in [1.807, 2.05) is 6.07 Å². The largest absolute Gasteiger partial charge is 0.313 e. The van der Waals surface area contributed by atoms with Crippen LogP contribution in [0.4, 0.5) is 0 Å². The van der Waals surface area contributed by atoms with Crippen LogP contribution in [-0.4, -0.2) is 19.1 Å². The summed E-state index contributed by atoms with van der Waals surface area (Å²) in [5.74, 6) is 0.697. The molecule has 56 heavy (non-hydrogen) atoms. The summed E-state index contributed by atoms with van der Waals surface area (Å²) in [7, 11) is 0. The van der Waals surface area contributed by atoms with Crippen molar-refractivity contribution in [2.24, 2.45) is 0 Å². The van der Waals surface area contributed by atoms with Crippen molar-refractivity contribution < 1.29 is 0 Å². The Morgan fingerprint density at radius 1 is 0.393 bits per heavy atom. The van der Waals surface area contributed by atoms with Gasteiger partial charge in [-0.25, -0.2) is 9.97 Å². The van der Waals surface area contributed by atoms with Gasteiger partial charge in [0.1, 0.15) is 0 Å². The van der Waals surface area contributed by atoms with Gasteiger partial charge in [0, 0.05) is 55.5 Å². The summed E-state index contributed by atoms with van der Waals surface area (Å²) in [6.07, 6.45) is 6.60. The third kappa shape index (κ3) is 5.38. The molecule has 0 saturated heterocycles. The molecule has 10 aromatic rings. The lowest BCUT2D eigenvalue weighted by Crippen LogP contribution is -2.05. The van der Waals surface area contributed by atoms with Gasteiger partial charge in [0.25, 0.3) is 0 Å². The number of para-hydroxylation sites is 3. The number of allylic oxidation sites excluding steroid dienone is 1. The Kier molecular flexibility index (Phi) is 7.59. The lowest BCUT2D eigenvalue weighted by Gasteiger charge is -2.18. The minimum Gasteiger partial charge on any atom is -0.313 e. The second-order valence-electron chi connectivity index (χ2n) is 14.5. The van der Waals surface area contributed by atoms with Crippen LogP contribution < -0.4 is 0 Å². The zero-order valence-corrected chi connectivity index (χ0v) is 30.7. The number of fused-ring (bicyclic) bond motifs is 6. The highest BCUT2D eigenvalue weighted by Crippen LogP contribution is 2.39. The molecule has 1 aliphatic rings. The molecular weight excluding hydrogens is 681 g/mol. The Bertz CT molecular complexity index is 3060. The zero-order valence-electron chi connectivity index (χ0n) is 30.7. The first-order valence-electron chi connectivity index (χ1n) is 19.3. The molecule has 0 fully saturated rings. The van der Waals surface area contributed by atoms with Gasteiger partial charge < -0.3 is 9.13 Å². The number of hydrogen-bond acceptors (Lipinski definition) is 2. The third-order valence-electron chi connectivity index (χ3n) is 11.2. The number of rotatable bonds is 6. The summed E-state index contributed by atoms with van der Waals surface area (Å²) in [5, 5.41) is 3.74. The van der Waals surface area contributed by atoms with E-state index in [1.54, 1.807) is 0 Å². The fourth-order valence-electron chi connectivity index (χ4n) is 8.59. The Morgan fingerprint density at radius 3 is 1.55 bits per heavy atom. The molecule has 4 heteroatoms. The highest BCUT2D eigenvalue weighted by atomic mass is 15.0. The van der Waals surface area contributed by atoms with Crippen molar-refractivity contribution in [3.8, 4) is 56.4 Å². The predicted molar refractivity (Wildman–Crippen MR) is 232 cm³/mol. The minimum absolute atomic E-state index is 0.697. The van der Waals surface area contributed by atoms with E-state index in [2.05, 4.69) is 197 Å². The molecule has 0 spiro atoms. The van der Waals surface area contributed by atoms with Crippen molar-refractivity contribution in [2.75, 3.05) is 0 Å². The van der Waals surface area contributed by atoms with Gasteiger partial charge in [-0.3, -0.25) is 0 Å². The van der Waals surface area contributed by atoms with Gasteiger partial charge in [0.05, 0.1) is 27.9 Å². The molecule has 0 saturated carbocycles. The average molecular weight is 717 g/mol. The highest BCUT2D eigenvalue weighted by molar-refractivity contribution is 6.09. The fourth-order valence-corrected chi connectivity index (χ4v) is 8.59. The van der Waals surface area contributed by atoms with Crippen molar-refractivity contribution in [1.29, 1.82) is 0 Å². The van der Waals surface area contributed by atoms with E-state index in [1.165, 1.54) is 55.1 Å². The molecule has 0 atom stereocenters. The Labute approximate surface area is 325 Å². The maximum atomic E-state index is 5.34. The van der Waals surface area contributed by atoms with Gasteiger partial charge >= 0.3 is 0 Å². The van der Waals surface area contributed by atoms with Crippen LogP contribution >= 0.6 is 0 Å². The lowest BCUT2D eigenvalue weighted by molar-refractivity contribution is 0.888. The molecule has 0 radical (unpaired) electrons. The summed E-state index contributed by atoms with van der Waals surface area (Å²) < 4.78 is 4.90. The molecule has 0 unspecified atom stereocenters. The summed E-state index contributed by atoms with van der Waals surface area (Å²) in [5.41, 5.74) is 15.6. The van der Waals surface area contributed by atoms with Gasteiger partial charge in [-0.05, 0) is 66.4 Å². The van der Waals surface area contributed by atoms with Gasteiger partial charge in [-0.15, -0.1) is 0 Å². The molecule has 0 bridgehead atoms. The van der Waals surface area contributed by atoms with Crippen molar-refractivity contribution in [3.05, 3.63) is 199 Å². The van der Waals surface area contributed by atoms with Crippen LogP contribution in [0, 0.1) is 0 Å². The SMILES string of the molecule is C1=Cc2c(n(-c3cc(-c4cc(-c5ccc(-c6ccccc6)cc5)nc(-c5ccccc5)n4)cc(-n4c5ccccc5c5ccccc54)c3)c3ccccc23)CC1. The van der Waals surface area contributed by atoms with Crippen molar-refractivity contribution in [3.63, 3.8) is 0 Å². The van der Waals surface area contributed by atoms with Gasteiger partial charge in [0.15, 0.2) is 5.82 Å². The van der Waals surface area contributed by atoms with E-state index in [0.717, 1.165) is 52.3 Å². The summed E-state index contributed by atoms with van der Waals surface area (Å²) in [4.78, 5) is 10.5. The van der Waals surface area contributed by atoms with Gasteiger partial charge in [-0.1, -0.05) is 152 Å². The van der Waals surface area contributed by atoms with E-state index >= 15 is 0 Å². The monoisotopic (exact) mass is 716 g/mol. The smallest absolute Gasteiger partial charge is 0.160 e. The quantitative estimate of drug-likeness (QED) is 0.172.